The van der Waals surface area contributed by atoms with E-state index in [4.69, 9.17) is 0 Å². The van der Waals surface area contributed by atoms with E-state index in [1.165, 1.54) is 23.5 Å². The van der Waals surface area contributed by atoms with Crippen LogP contribution in [0.2, 0.25) is 0 Å². The zero-order valence-corrected chi connectivity index (χ0v) is 12.2. The van der Waals surface area contributed by atoms with Gasteiger partial charge in [-0.05, 0) is 31.1 Å². The Labute approximate surface area is 109 Å². The number of aryl methyl sites for hydroxylation is 1. The Hall–Kier alpha value is -0.410. The van der Waals surface area contributed by atoms with E-state index in [1.54, 1.807) is 0 Å². The van der Waals surface area contributed by atoms with Gasteiger partial charge in [-0.3, -0.25) is 0 Å². The lowest BCUT2D eigenvalue weighted by Crippen LogP contribution is -2.38. The maximum absolute atomic E-state index is 4.62. The second kappa shape index (κ2) is 5.07. The van der Waals surface area contributed by atoms with E-state index in [1.807, 2.05) is 11.3 Å². The molecule has 0 saturated heterocycles. The summed E-state index contributed by atoms with van der Waals surface area (Å²) in [5.41, 5.74) is 1.56. The monoisotopic (exact) mass is 252 g/mol. The highest BCUT2D eigenvalue weighted by molar-refractivity contribution is 7.09. The first kappa shape index (κ1) is 13.0. The Morgan fingerprint density at radius 1 is 1.53 bits per heavy atom. The number of rotatable bonds is 6. The van der Waals surface area contributed by atoms with Gasteiger partial charge in [0.25, 0.3) is 0 Å². The number of hydrogen-bond donors (Lipinski definition) is 1. The zero-order valence-electron chi connectivity index (χ0n) is 11.4. The van der Waals surface area contributed by atoms with Gasteiger partial charge in [0.1, 0.15) is 0 Å². The molecule has 96 valence electrons. The summed E-state index contributed by atoms with van der Waals surface area (Å²) in [7, 11) is 0. The van der Waals surface area contributed by atoms with Crippen LogP contribution < -0.4 is 5.32 Å². The molecule has 1 aromatic heterocycles. The van der Waals surface area contributed by atoms with Crippen LogP contribution >= 0.6 is 11.3 Å². The van der Waals surface area contributed by atoms with Crippen LogP contribution in [0.15, 0.2) is 5.38 Å². The lowest BCUT2D eigenvalue weighted by atomic mass is 9.81. The van der Waals surface area contributed by atoms with Crippen LogP contribution in [-0.4, -0.2) is 17.6 Å². The van der Waals surface area contributed by atoms with Gasteiger partial charge in [-0.2, -0.15) is 0 Å². The second-order valence-corrected chi connectivity index (χ2v) is 6.97. The number of nitrogens with zero attached hydrogens (tertiary/aromatic N) is 1. The fraction of sp³-hybridized carbons (Fsp3) is 0.786. The Morgan fingerprint density at radius 2 is 2.24 bits per heavy atom. The van der Waals surface area contributed by atoms with Crippen LogP contribution in [0.3, 0.4) is 0 Å². The van der Waals surface area contributed by atoms with Crippen molar-refractivity contribution in [3.8, 4) is 0 Å². The minimum atomic E-state index is 0.397. The fourth-order valence-electron chi connectivity index (χ4n) is 2.40. The zero-order chi connectivity index (χ0) is 12.5. The maximum Gasteiger partial charge on any atom is 0.0934 e. The Kier molecular flexibility index (Phi) is 3.88. The molecule has 2 rings (SSSR count). The van der Waals surface area contributed by atoms with E-state index in [-0.39, 0.29) is 0 Å². The van der Waals surface area contributed by atoms with Crippen molar-refractivity contribution >= 4 is 11.3 Å². The highest BCUT2D eigenvalue weighted by atomic mass is 32.1. The van der Waals surface area contributed by atoms with Crippen molar-refractivity contribution in [1.82, 2.24) is 10.3 Å². The summed E-state index contributed by atoms with van der Waals surface area (Å²) in [6.45, 7) is 10.1. The van der Waals surface area contributed by atoms with Crippen molar-refractivity contribution in [2.45, 2.75) is 53.0 Å². The molecule has 1 heterocycles. The Bertz CT molecular complexity index is 368. The molecule has 1 aliphatic rings. The smallest absolute Gasteiger partial charge is 0.0934 e. The molecular weight excluding hydrogens is 228 g/mol. The van der Waals surface area contributed by atoms with Crippen LogP contribution in [0.5, 0.6) is 0 Å². The van der Waals surface area contributed by atoms with E-state index in [2.05, 4.69) is 43.4 Å². The first-order valence-corrected chi connectivity index (χ1v) is 7.52. The number of thiazole rings is 1. The van der Waals surface area contributed by atoms with Crippen molar-refractivity contribution in [2.24, 2.45) is 11.3 Å². The van der Waals surface area contributed by atoms with Crippen molar-refractivity contribution < 1.29 is 0 Å². The molecule has 1 aliphatic carbocycles. The molecule has 17 heavy (non-hydrogen) atoms. The van der Waals surface area contributed by atoms with E-state index in [0.717, 1.165) is 18.9 Å². The Morgan fingerprint density at radius 3 is 2.71 bits per heavy atom. The molecule has 0 amide bonds. The van der Waals surface area contributed by atoms with Crippen LogP contribution in [-0.2, 0) is 6.42 Å². The molecule has 0 bridgehead atoms. The van der Waals surface area contributed by atoms with Gasteiger partial charge in [0, 0.05) is 30.1 Å². The van der Waals surface area contributed by atoms with Crippen molar-refractivity contribution in [3.05, 3.63) is 16.1 Å². The summed E-state index contributed by atoms with van der Waals surface area (Å²) in [5, 5.41) is 7.08. The summed E-state index contributed by atoms with van der Waals surface area (Å²) >= 11 is 1.82. The third-order valence-corrected chi connectivity index (χ3v) is 4.67. The van der Waals surface area contributed by atoms with E-state index in [0.29, 0.717) is 11.5 Å². The van der Waals surface area contributed by atoms with Crippen molar-refractivity contribution in [3.63, 3.8) is 0 Å². The molecule has 1 unspecified atom stereocenters. The van der Waals surface area contributed by atoms with Gasteiger partial charge >= 0.3 is 0 Å². The third kappa shape index (κ3) is 3.52. The minimum Gasteiger partial charge on any atom is -0.314 e. The molecule has 0 aromatic carbocycles. The molecule has 1 atom stereocenters. The molecular formula is C14H24N2S. The number of hydrogen-bond acceptors (Lipinski definition) is 3. The summed E-state index contributed by atoms with van der Waals surface area (Å²) < 4.78 is 0. The van der Waals surface area contributed by atoms with Gasteiger partial charge in [0.2, 0.25) is 0 Å². The molecule has 0 radical (unpaired) electrons. The molecule has 1 fully saturated rings. The van der Waals surface area contributed by atoms with Gasteiger partial charge in [-0.15, -0.1) is 11.3 Å². The standard InChI is InChI=1S/C14H24N2S/c1-10(2)15-9-14(4,12-5-6-12)7-13-16-11(3)8-17-13/h8,10,12,15H,5-7,9H2,1-4H3. The first-order valence-electron chi connectivity index (χ1n) is 6.64. The average molecular weight is 252 g/mol. The van der Waals surface area contributed by atoms with E-state index >= 15 is 0 Å². The minimum absolute atomic E-state index is 0.397. The maximum atomic E-state index is 4.62. The molecule has 0 aliphatic heterocycles. The lowest BCUT2D eigenvalue weighted by Gasteiger charge is -2.30. The van der Waals surface area contributed by atoms with Gasteiger partial charge in [0.15, 0.2) is 0 Å². The summed E-state index contributed by atoms with van der Waals surface area (Å²) in [5.74, 6) is 0.901. The van der Waals surface area contributed by atoms with Gasteiger partial charge in [0.05, 0.1) is 5.01 Å². The SMILES string of the molecule is Cc1csc(CC(C)(CNC(C)C)C2CC2)n1. The van der Waals surface area contributed by atoms with Crippen molar-refractivity contribution in [1.29, 1.82) is 0 Å². The fourth-order valence-corrected chi connectivity index (χ4v) is 3.37. The van der Waals surface area contributed by atoms with Gasteiger partial charge in [-0.25, -0.2) is 4.98 Å². The summed E-state index contributed by atoms with van der Waals surface area (Å²) in [6, 6.07) is 0.575. The second-order valence-electron chi connectivity index (χ2n) is 6.02. The molecule has 0 spiro atoms. The number of nitrogens with one attached hydrogen (secondary N) is 1. The molecule has 1 aromatic rings. The largest absolute Gasteiger partial charge is 0.314 e. The highest BCUT2D eigenvalue weighted by Gasteiger charge is 2.41. The average Bonchev–Trinajstić information content (AvgIpc) is 3.02. The quantitative estimate of drug-likeness (QED) is 0.839. The number of aromatic nitrogens is 1. The normalized spacial score (nSPS) is 19.6. The predicted octanol–water partition coefficient (Wildman–Crippen LogP) is 3.41. The van der Waals surface area contributed by atoms with Gasteiger partial charge < -0.3 is 5.32 Å². The van der Waals surface area contributed by atoms with Crippen molar-refractivity contribution in [2.75, 3.05) is 6.54 Å². The molecule has 2 nitrogen and oxygen atoms in total. The van der Waals surface area contributed by atoms with Crippen LogP contribution in [0.25, 0.3) is 0 Å². The highest BCUT2D eigenvalue weighted by Crippen LogP contribution is 2.47. The molecule has 3 heteroatoms. The first-order chi connectivity index (χ1) is 7.99. The summed E-state index contributed by atoms with van der Waals surface area (Å²) in [6.07, 6.45) is 3.94. The van der Waals surface area contributed by atoms with Crippen LogP contribution in [0.1, 0.15) is 44.3 Å². The van der Waals surface area contributed by atoms with Crippen LogP contribution in [0, 0.1) is 18.3 Å². The van der Waals surface area contributed by atoms with E-state index in [9.17, 15) is 0 Å². The summed E-state index contributed by atoms with van der Waals surface area (Å²) in [4.78, 5) is 4.62. The van der Waals surface area contributed by atoms with Crippen LogP contribution in [0.4, 0.5) is 0 Å². The van der Waals surface area contributed by atoms with E-state index < -0.39 is 0 Å². The third-order valence-electron chi connectivity index (χ3n) is 3.70. The topological polar surface area (TPSA) is 24.9 Å². The Balaban J connectivity index is 2.00. The van der Waals surface area contributed by atoms with Gasteiger partial charge in [-0.1, -0.05) is 20.8 Å². The molecule has 1 N–H and O–H groups in total. The molecule has 1 saturated carbocycles. The predicted molar refractivity (Wildman–Crippen MR) is 74.5 cm³/mol. The lowest BCUT2D eigenvalue weighted by molar-refractivity contribution is 0.248.